The lowest BCUT2D eigenvalue weighted by Gasteiger charge is -2.13. The second kappa shape index (κ2) is 6.23. The number of aryl methyl sites for hydroxylation is 1. The number of thiophene rings is 1. The molecule has 5 nitrogen and oxygen atoms in total. The summed E-state index contributed by atoms with van der Waals surface area (Å²) >= 11 is 1.44. The first-order chi connectivity index (χ1) is 11.1. The predicted molar refractivity (Wildman–Crippen MR) is 90.9 cm³/mol. The first-order valence-electron chi connectivity index (χ1n) is 7.29. The van der Waals surface area contributed by atoms with Gasteiger partial charge in [-0.1, -0.05) is 18.2 Å². The number of fused-ring (bicyclic) bond motifs is 1. The average Bonchev–Trinajstić information content (AvgIpc) is 3.13. The van der Waals surface area contributed by atoms with Gasteiger partial charge in [0.15, 0.2) is 0 Å². The van der Waals surface area contributed by atoms with Gasteiger partial charge in [0.25, 0.3) is 5.91 Å². The molecule has 0 aliphatic carbocycles. The lowest BCUT2D eigenvalue weighted by atomic mass is 10.3. The van der Waals surface area contributed by atoms with Crippen molar-refractivity contribution in [3.63, 3.8) is 0 Å². The summed E-state index contributed by atoms with van der Waals surface area (Å²) in [6.45, 7) is 2.38. The molecule has 116 valence electrons. The number of hydrogen-bond acceptors (Lipinski definition) is 4. The minimum Gasteiger partial charge on any atom is -0.340 e. The standard InChI is InChI=1S/C17H16N4OS/c1-12-14-11-15(16(22)20(2)10-6-9-18)23-17(14)21(19-12)13-7-4-3-5-8-13/h3-5,7-8,11H,6,10H2,1-2H3. The summed E-state index contributed by atoms with van der Waals surface area (Å²) in [6.07, 6.45) is 0.337. The molecule has 2 aromatic heterocycles. The molecule has 0 saturated carbocycles. The highest BCUT2D eigenvalue weighted by Gasteiger charge is 2.19. The van der Waals surface area contributed by atoms with Crippen molar-refractivity contribution >= 4 is 27.5 Å². The molecular formula is C17H16N4OS. The molecule has 6 heteroatoms. The maximum Gasteiger partial charge on any atom is 0.263 e. The molecule has 0 saturated heterocycles. The van der Waals surface area contributed by atoms with Crippen molar-refractivity contribution in [2.45, 2.75) is 13.3 Å². The molecule has 0 spiro atoms. The van der Waals surface area contributed by atoms with Gasteiger partial charge in [0, 0.05) is 19.0 Å². The minimum atomic E-state index is -0.0551. The highest BCUT2D eigenvalue weighted by Crippen LogP contribution is 2.30. The monoisotopic (exact) mass is 324 g/mol. The van der Waals surface area contributed by atoms with E-state index in [2.05, 4.69) is 11.2 Å². The van der Waals surface area contributed by atoms with Gasteiger partial charge >= 0.3 is 0 Å². The second-order valence-electron chi connectivity index (χ2n) is 5.30. The molecule has 1 aromatic carbocycles. The quantitative estimate of drug-likeness (QED) is 0.739. The summed E-state index contributed by atoms with van der Waals surface area (Å²) in [5, 5.41) is 14.2. The summed E-state index contributed by atoms with van der Waals surface area (Å²) in [7, 11) is 1.72. The van der Waals surface area contributed by atoms with E-state index in [9.17, 15) is 4.79 Å². The number of carbonyl (C=O) groups excluding carboxylic acids is 1. The van der Waals surface area contributed by atoms with Crippen LogP contribution in [0.5, 0.6) is 0 Å². The number of amides is 1. The molecule has 0 radical (unpaired) electrons. The Balaban J connectivity index is 2.00. The van der Waals surface area contributed by atoms with E-state index in [-0.39, 0.29) is 5.91 Å². The van der Waals surface area contributed by atoms with Gasteiger partial charge in [0.05, 0.1) is 28.7 Å². The highest BCUT2D eigenvalue weighted by atomic mass is 32.1. The average molecular weight is 324 g/mol. The fourth-order valence-electron chi connectivity index (χ4n) is 2.40. The third kappa shape index (κ3) is 2.83. The zero-order valence-corrected chi connectivity index (χ0v) is 13.8. The van der Waals surface area contributed by atoms with Crippen LogP contribution in [0.3, 0.4) is 0 Å². The zero-order valence-electron chi connectivity index (χ0n) is 13.0. The Labute approximate surface area is 138 Å². The first kappa shape index (κ1) is 15.3. The van der Waals surface area contributed by atoms with E-state index < -0.39 is 0 Å². The number of rotatable bonds is 4. The van der Waals surface area contributed by atoms with Crippen LogP contribution in [-0.4, -0.2) is 34.2 Å². The van der Waals surface area contributed by atoms with Gasteiger partial charge in [-0.15, -0.1) is 11.3 Å². The highest BCUT2D eigenvalue weighted by molar-refractivity contribution is 7.20. The van der Waals surface area contributed by atoms with Crippen LogP contribution in [0.15, 0.2) is 36.4 Å². The van der Waals surface area contributed by atoms with Gasteiger partial charge in [-0.25, -0.2) is 4.68 Å². The fourth-order valence-corrected chi connectivity index (χ4v) is 3.58. The summed E-state index contributed by atoms with van der Waals surface area (Å²) < 4.78 is 1.88. The van der Waals surface area contributed by atoms with Gasteiger partial charge in [-0.05, 0) is 25.1 Å². The normalized spacial score (nSPS) is 10.7. The Morgan fingerprint density at radius 1 is 1.39 bits per heavy atom. The number of hydrogen-bond donors (Lipinski definition) is 0. The summed E-state index contributed by atoms with van der Waals surface area (Å²) in [6, 6.07) is 13.8. The van der Waals surface area contributed by atoms with Crippen molar-refractivity contribution in [3.05, 3.63) is 47.0 Å². The van der Waals surface area contributed by atoms with Crippen LogP contribution >= 0.6 is 11.3 Å². The lowest BCUT2D eigenvalue weighted by molar-refractivity contribution is 0.0803. The molecule has 1 amide bonds. The topological polar surface area (TPSA) is 61.9 Å². The van der Waals surface area contributed by atoms with E-state index in [0.717, 1.165) is 21.6 Å². The van der Waals surface area contributed by atoms with Crippen LogP contribution in [0.2, 0.25) is 0 Å². The lowest BCUT2D eigenvalue weighted by Crippen LogP contribution is -2.26. The molecule has 0 aliphatic rings. The van der Waals surface area contributed by atoms with Crippen molar-refractivity contribution in [3.8, 4) is 11.8 Å². The van der Waals surface area contributed by atoms with E-state index >= 15 is 0 Å². The molecule has 0 aliphatic heterocycles. The second-order valence-corrected chi connectivity index (χ2v) is 6.33. The Bertz CT molecular complexity index is 889. The Hall–Kier alpha value is -2.65. The smallest absolute Gasteiger partial charge is 0.263 e. The van der Waals surface area contributed by atoms with Gasteiger partial charge in [-0.2, -0.15) is 10.4 Å². The number of nitrogens with zero attached hydrogens (tertiary/aromatic N) is 4. The largest absolute Gasteiger partial charge is 0.340 e. The number of nitriles is 1. The number of para-hydroxylation sites is 1. The fraction of sp³-hybridized carbons (Fsp3) is 0.235. The maximum absolute atomic E-state index is 12.5. The SMILES string of the molecule is Cc1nn(-c2ccccc2)c2sc(C(=O)N(C)CCC#N)cc12. The molecule has 0 atom stereocenters. The van der Waals surface area contributed by atoms with Crippen molar-refractivity contribution in [2.24, 2.45) is 0 Å². The van der Waals surface area contributed by atoms with E-state index in [1.165, 1.54) is 11.3 Å². The molecule has 3 rings (SSSR count). The van der Waals surface area contributed by atoms with Crippen molar-refractivity contribution in [1.29, 1.82) is 5.26 Å². The summed E-state index contributed by atoms with van der Waals surface area (Å²) in [4.78, 5) is 15.7. The van der Waals surface area contributed by atoms with Gasteiger partial charge in [0.2, 0.25) is 0 Å². The molecule has 2 heterocycles. The first-order valence-corrected chi connectivity index (χ1v) is 8.10. The molecular weight excluding hydrogens is 308 g/mol. The van der Waals surface area contributed by atoms with Crippen LogP contribution in [0.1, 0.15) is 21.8 Å². The van der Waals surface area contributed by atoms with Crippen LogP contribution in [0, 0.1) is 18.3 Å². The Kier molecular flexibility index (Phi) is 4.13. The van der Waals surface area contributed by atoms with E-state index in [4.69, 9.17) is 5.26 Å². The minimum absolute atomic E-state index is 0.0551. The van der Waals surface area contributed by atoms with Crippen LogP contribution in [0.25, 0.3) is 15.9 Å². The Morgan fingerprint density at radius 2 is 2.13 bits per heavy atom. The maximum atomic E-state index is 12.5. The van der Waals surface area contributed by atoms with E-state index in [0.29, 0.717) is 17.8 Å². The van der Waals surface area contributed by atoms with Gasteiger partial charge in [0.1, 0.15) is 4.83 Å². The molecule has 3 aromatic rings. The van der Waals surface area contributed by atoms with Crippen LogP contribution in [-0.2, 0) is 0 Å². The summed E-state index contributed by atoms with van der Waals surface area (Å²) in [5.41, 5.74) is 1.88. The zero-order chi connectivity index (χ0) is 16.4. The molecule has 0 N–H and O–H groups in total. The number of aromatic nitrogens is 2. The van der Waals surface area contributed by atoms with Gasteiger partial charge in [-0.3, -0.25) is 4.79 Å². The van der Waals surface area contributed by atoms with Crippen molar-refractivity contribution in [2.75, 3.05) is 13.6 Å². The molecule has 0 fully saturated rings. The summed E-state index contributed by atoms with van der Waals surface area (Å²) in [5.74, 6) is -0.0551. The van der Waals surface area contributed by atoms with Gasteiger partial charge < -0.3 is 4.90 Å². The Morgan fingerprint density at radius 3 is 2.83 bits per heavy atom. The van der Waals surface area contributed by atoms with Crippen molar-refractivity contribution in [1.82, 2.24) is 14.7 Å². The predicted octanol–water partition coefficient (Wildman–Crippen LogP) is 3.38. The third-order valence-electron chi connectivity index (χ3n) is 3.66. The van der Waals surface area contributed by atoms with Crippen LogP contribution in [0.4, 0.5) is 0 Å². The molecule has 0 bridgehead atoms. The van der Waals surface area contributed by atoms with E-state index in [1.807, 2.05) is 48.0 Å². The number of carbonyl (C=O) groups is 1. The molecule has 0 unspecified atom stereocenters. The number of benzene rings is 1. The van der Waals surface area contributed by atoms with Crippen LogP contribution < -0.4 is 0 Å². The molecule has 23 heavy (non-hydrogen) atoms. The van der Waals surface area contributed by atoms with E-state index in [1.54, 1.807) is 11.9 Å². The van der Waals surface area contributed by atoms with Crippen molar-refractivity contribution < 1.29 is 4.79 Å². The third-order valence-corrected chi connectivity index (χ3v) is 4.76.